The fraction of sp³-hybridized carbons (Fsp3) is 0.286. The van der Waals surface area contributed by atoms with Crippen molar-refractivity contribution >= 4 is 38.1 Å². The second-order valence-electron chi connectivity index (χ2n) is 4.96. The second kappa shape index (κ2) is 5.27. The number of aromatic nitrogens is 1. The molecule has 3 rings (SSSR count). The number of rotatable bonds is 1. The molecule has 1 aromatic heterocycles. The summed E-state index contributed by atoms with van der Waals surface area (Å²) in [7, 11) is -3.01. The van der Waals surface area contributed by atoms with Gasteiger partial charge in [-0.25, -0.2) is 13.4 Å². The monoisotopic (exact) mass is 324 g/mol. The van der Waals surface area contributed by atoms with Gasteiger partial charge in [0.15, 0.2) is 9.84 Å². The molecule has 1 fully saturated rings. The summed E-state index contributed by atoms with van der Waals surface area (Å²) >= 11 is 6.11. The van der Waals surface area contributed by atoms with E-state index in [-0.39, 0.29) is 41.3 Å². The Kier molecular flexibility index (Phi) is 3.59. The van der Waals surface area contributed by atoms with Gasteiger partial charge in [-0.3, -0.25) is 4.79 Å². The van der Waals surface area contributed by atoms with E-state index in [0.717, 1.165) is 10.8 Å². The minimum atomic E-state index is -3.01. The van der Waals surface area contributed by atoms with Crippen LogP contribution in [0, 0.1) is 0 Å². The maximum absolute atomic E-state index is 12.4. The first-order valence-corrected chi connectivity index (χ1v) is 8.71. The summed E-state index contributed by atoms with van der Waals surface area (Å²) in [5.41, 5.74) is 0.248. The number of fused-ring (bicyclic) bond motifs is 1. The average Bonchev–Trinajstić information content (AvgIpc) is 2.46. The molecule has 21 heavy (non-hydrogen) atoms. The number of halogens is 1. The summed E-state index contributed by atoms with van der Waals surface area (Å²) in [6.07, 6.45) is 0. The van der Waals surface area contributed by atoms with Gasteiger partial charge in [-0.1, -0.05) is 35.9 Å². The van der Waals surface area contributed by atoms with Gasteiger partial charge < -0.3 is 4.90 Å². The molecule has 0 unspecified atom stereocenters. The first kappa shape index (κ1) is 14.3. The first-order chi connectivity index (χ1) is 9.96. The highest BCUT2D eigenvalue weighted by molar-refractivity contribution is 7.91. The maximum atomic E-state index is 12.4. The molecule has 5 nitrogen and oxygen atoms in total. The predicted molar refractivity (Wildman–Crippen MR) is 81.3 cm³/mol. The molecule has 7 heteroatoms. The molecule has 1 saturated heterocycles. The lowest BCUT2D eigenvalue weighted by Crippen LogP contribution is -2.44. The topological polar surface area (TPSA) is 67.3 Å². The molecule has 0 bridgehead atoms. The van der Waals surface area contributed by atoms with Crippen LogP contribution in [0.25, 0.3) is 10.8 Å². The van der Waals surface area contributed by atoms with Gasteiger partial charge in [-0.2, -0.15) is 0 Å². The Balaban J connectivity index is 1.92. The normalized spacial score (nSPS) is 17.9. The van der Waals surface area contributed by atoms with Crippen LogP contribution in [0.4, 0.5) is 0 Å². The summed E-state index contributed by atoms with van der Waals surface area (Å²) in [5, 5.41) is 1.91. The smallest absolute Gasteiger partial charge is 0.272 e. The molecule has 1 aliphatic heterocycles. The van der Waals surface area contributed by atoms with E-state index >= 15 is 0 Å². The van der Waals surface area contributed by atoms with Gasteiger partial charge in [-0.15, -0.1) is 0 Å². The van der Waals surface area contributed by atoms with E-state index in [2.05, 4.69) is 4.98 Å². The van der Waals surface area contributed by atoms with Crippen LogP contribution < -0.4 is 0 Å². The molecule has 0 saturated carbocycles. The first-order valence-electron chi connectivity index (χ1n) is 6.51. The van der Waals surface area contributed by atoms with Crippen LogP contribution in [0.2, 0.25) is 5.15 Å². The Morgan fingerprint density at radius 2 is 1.86 bits per heavy atom. The molecule has 1 amide bonds. The molecule has 0 radical (unpaired) electrons. The molecular formula is C14H13ClN2O3S. The van der Waals surface area contributed by atoms with Crippen LogP contribution >= 0.6 is 11.6 Å². The third-order valence-corrected chi connectivity index (χ3v) is 5.44. The zero-order chi connectivity index (χ0) is 15.0. The van der Waals surface area contributed by atoms with Gasteiger partial charge in [-0.05, 0) is 11.5 Å². The highest BCUT2D eigenvalue weighted by atomic mass is 35.5. The van der Waals surface area contributed by atoms with Gasteiger partial charge >= 0.3 is 0 Å². The number of benzene rings is 1. The molecule has 0 aliphatic carbocycles. The second-order valence-corrected chi connectivity index (χ2v) is 7.63. The molecule has 2 heterocycles. The highest BCUT2D eigenvalue weighted by Crippen LogP contribution is 2.23. The number of carbonyl (C=O) groups excluding carboxylic acids is 1. The zero-order valence-corrected chi connectivity index (χ0v) is 12.7. The molecule has 0 spiro atoms. The van der Waals surface area contributed by atoms with Crippen LogP contribution in [0.15, 0.2) is 30.3 Å². The highest BCUT2D eigenvalue weighted by Gasteiger charge is 2.26. The number of nitrogens with zero attached hydrogens (tertiary/aromatic N) is 2. The van der Waals surface area contributed by atoms with Gasteiger partial charge in [0.05, 0.1) is 11.5 Å². The van der Waals surface area contributed by atoms with Crippen molar-refractivity contribution in [3.05, 3.63) is 41.2 Å². The lowest BCUT2D eigenvalue weighted by molar-refractivity contribution is 0.0764. The SMILES string of the molecule is O=C(c1cc2ccccc2c(Cl)n1)N1CCS(=O)(=O)CC1. The molecule has 1 aliphatic rings. The number of hydrogen-bond acceptors (Lipinski definition) is 4. The van der Waals surface area contributed by atoms with E-state index in [9.17, 15) is 13.2 Å². The summed E-state index contributed by atoms with van der Waals surface area (Å²) in [4.78, 5) is 18.1. The van der Waals surface area contributed by atoms with E-state index in [0.29, 0.717) is 0 Å². The molecule has 0 N–H and O–H groups in total. The van der Waals surface area contributed by atoms with Crippen LogP contribution in [0.5, 0.6) is 0 Å². The van der Waals surface area contributed by atoms with Crippen molar-refractivity contribution in [3.8, 4) is 0 Å². The molecule has 2 aromatic rings. The minimum absolute atomic E-state index is 0.0000530. The van der Waals surface area contributed by atoms with E-state index < -0.39 is 9.84 Å². The van der Waals surface area contributed by atoms with E-state index in [1.807, 2.05) is 24.3 Å². The average molecular weight is 325 g/mol. The van der Waals surface area contributed by atoms with E-state index in [1.54, 1.807) is 6.07 Å². The van der Waals surface area contributed by atoms with Crippen molar-refractivity contribution in [2.24, 2.45) is 0 Å². The number of amides is 1. The van der Waals surface area contributed by atoms with Crippen LogP contribution in [-0.4, -0.2) is 48.8 Å². The fourth-order valence-corrected chi connectivity index (χ4v) is 3.81. The van der Waals surface area contributed by atoms with Gasteiger partial charge in [0.2, 0.25) is 0 Å². The quantitative estimate of drug-likeness (QED) is 0.750. The van der Waals surface area contributed by atoms with E-state index in [1.165, 1.54) is 4.90 Å². The predicted octanol–water partition coefficient (Wildman–Crippen LogP) is 1.76. The fourth-order valence-electron chi connectivity index (χ4n) is 2.34. The van der Waals surface area contributed by atoms with Crippen molar-refractivity contribution in [1.29, 1.82) is 0 Å². The van der Waals surface area contributed by atoms with Crippen molar-refractivity contribution < 1.29 is 13.2 Å². The number of hydrogen-bond donors (Lipinski definition) is 0. The summed E-state index contributed by atoms with van der Waals surface area (Å²) in [6, 6.07) is 9.10. The third-order valence-electron chi connectivity index (χ3n) is 3.54. The van der Waals surface area contributed by atoms with Crippen molar-refractivity contribution in [1.82, 2.24) is 9.88 Å². The van der Waals surface area contributed by atoms with Crippen molar-refractivity contribution in [3.63, 3.8) is 0 Å². The Morgan fingerprint density at radius 1 is 1.19 bits per heavy atom. The number of sulfone groups is 1. The Morgan fingerprint density at radius 3 is 2.57 bits per heavy atom. The Hall–Kier alpha value is -1.66. The van der Waals surface area contributed by atoms with Crippen LogP contribution in [-0.2, 0) is 9.84 Å². The van der Waals surface area contributed by atoms with Gasteiger partial charge in [0.1, 0.15) is 10.8 Å². The van der Waals surface area contributed by atoms with E-state index in [4.69, 9.17) is 11.6 Å². The Bertz CT molecular complexity index is 806. The Labute approximate surface area is 127 Å². The third kappa shape index (κ3) is 2.87. The lowest BCUT2D eigenvalue weighted by Gasteiger charge is -2.26. The largest absolute Gasteiger partial charge is 0.335 e. The summed E-state index contributed by atoms with van der Waals surface area (Å²) in [6.45, 7) is 0.403. The molecular weight excluding hydrogens is 312 g/mol. The van der Waals surface area contributed by atoms with Gasteiger partial charge in [0, 0.05) is 18.5 Å². The number of pyridine rings is 1. The number of carbonyl (C=O) groups is 1. The maximum Gasteiger partial charge on any atom is 0.272 e. The standard InChI is InChI=1S/C14H13ClN2O3S/c15-13-11-4-2-1-3-10(11)9-12(16-13)14(18)17-5-7-21(19,20)8-6-17/h1-4,9H,5-8H2. The molecule has 1 aromatic carbocycles. The summed E-state index contributed by atoms with van der Waals surface area (Å²) < 4.78 is 22.8. The zero-order valence-electron chi connectivity index (χ0n) is 11.1. The molecule has 0 atom stereocenters. The van der Waals surface area contributed by atoms with Crippen LogP contribution in [0.1, 0.15) is 10.5 Å². The lowest BCUT2D eigenvalue weighted by atomic mass is 10.1. The molecule has 110 valence electrons. The van der Waals surface area contributed by atoms with Crippen LogP contribution in [0.3, 0.4) is 0 Å². The van der Waals surface area contributed by atoms with Crippen molar-refractivity contribution in [2.45, 2.75) is 0 Å². The minimum Gasteiger partial charge on any atom is -0.335 e. The summed E-state index contributed by atoms with van der Waals surface area (Å²) in [5.74, 6) is -0.280. The van der Waals surface area contributed by atoms with Crippen molar-refractivity contribution in [2.75, 3.05) is 24.6 Å². The van der Waals surface area contributed by atoms with Gasteiger partial charge in [0.25, 0.3) is 5.91 Å².